The zero-order chi connectivity index (χ0) is 19.0. The van der Waals surface area contributed by atoms with Crippen molar-refractivity contribution in [3.8, 4) is 0 Å². The average molecular weight is 365 g/mol. The number of hydrogen-bond acceptors (Lipinski definition) is 3. The summed E-state index contributed by atoms with van der Waals surface area (Å²) in [6.45, 7) is 2.10. The molecule has 1 heterocycles. The normalized spacial score (nSPS) is 26.3. The summed E-state index contributed by atoms with van der Waals surface area (Å²) in [5.74, 6) is -0.452. The zero-order valence-electron chi connectivity index (χ0n) is 15.2. The lowest BCUT2D eigenvalue weighted by Crippen LogP contribution is -2.54. The highest BCUT2D eigenvalue weighted by atomic mass is 16.6. The summed E-state index contributed by atoms with van der Waals surface area (Å²) in [5, 5.41) is 10.1. The van der Waals surface area contributed by atoms with Crippen LogP contribution in [0.5, 0.6) is 0 Å². The Morgan fingerprint density at radius 3 is 2.15 bits per heavy atom. The van der Waals surface area contributed by atoms with Crippen molar-refractivity contribution >= 4 is 12.1 Å². The third kappa shape index (κ3) is 3.42. The van der Waals surface area contributed by atoms with E-state index < -0.39 is 30.3 Å². The second kappa shape index (κ2) is 6.72. The SMILES string of the molecule is CC1(CC2C(=O)O[C@@H](c3ccccc3)[C@@H](c3ccccc3)N2C(=O)O)CC1. The van der Waals surface area contributed by atoms with Gasteiger partial charge in [0.25, 0.3) is 0 Å². The van der Waals surface area contributed by atoms with Crippen LogP contribution in [0, 0.1) is 5.41 Å². The highest BCUT2D eigenvalue weighted by Gasteiger charge is 2.52. The molecular formula is C22H23NO4. The van der Waals surface area contributed by atoms with Gasteiger partial charge in [-0.05, 0) is 35.8 Å². The van der Waals surface area contributed by atoms with Crippen LogP contribution in [-0.2, 0) is 9.53 Å². The maximum atomic E-state index is 12.8. The van der Waals surface area contributed by atoms with Crippen LogP contribution in [0.25, 0.3) is 0 Å². The van der Waals surface area contributed by atoms with Crippen molar-refractivity contribution in [3.63, 3.8) is 0 Å². The van der Waals surface area contributed by atoms with Crippen LogP contribution in [0.2, 0.25) is 0 Å². The molecular weight excluding hydrogens is 342 g/mol. The molecule has 0 radical (unpaired) electrons. The molecule has 2 aromatic carbocycles. The number of carboxylic acid groups (broad SMARTS) is 1. The Bertz CT molecular complexity index is 832. The standard InChI is InChI=1S/C22H23NO4/c1-22(12-13-22)14-17-20(24)27-19(16-10-6-3-7-11-16)18(23(17)21(25)26)15-8-4-2-5-9-15/h2-11,17-19H,12-14H2,1H3,(H,25,26)/t17?,18-,19+/m1/s1. The van der Waals surface area contributed by atoms with Gasteiger partial charge in [-0.25, -0.2) is 9.59 Å². The first-order valence-electron chi connectivity index (χ1n) is 9.30. The van der Waals surface area contributed by atoms with Crippen LogP contribution >= 0.6 is 0 Å². The molecule has 2 aliphatic rings. The molecule has 5 heteroatoms. The van der Waals surface area contributed by atoms with E-state index in [1.807, 2.05) is 60.7 Å². The summed E-state index contributed by atoms with van der Waals surface area (Å²) in [7, 11) is 0. The predicted octanol–water partition coefficient (Wildman–Crippen LogP) is 4.56. The van der Waals surface area contributed by atoms with E-state index in [1.54, 1.807) is 0 Å². The van der Waals surface area contributed by atoms with Crippen molar-refractivity contribution in [2.24, 2.45) is 5.41 Å². The first kappa shape index (κ1) is 17.6. The summed E-state index contributed by atoms with van der Waals surface area (Å²) in [5.41, 5.74) is 1.65. The predicted molar refractivity (Wildman–Crippen MR) is 100 cm³/mol. The van der Waals surface area contributed by atoms with Gasteiger partial charge in [0.2, 0.25) is 0 Å². The lowest BCUT2D eigenvalue weighted by Gasteiger charge is -2.44. The molecule has 1 saturated heterocycles. The number of cyclic esters (lactones) is 1. The topological polar surface area (TPSA) is 66.8 Å². The van der Waals surface area contributed by atoms with Crippen LogP contribution in [0.1, 0.15) is 49.5 Å². The van der Waals surface area contributed by atoms with Crippen molar-refractivity contribution in [2.45, 2.75) is 44.4 Å². The van der Waals surface area contributed by atoms with Gasteiger partial charge in [-0.2, -0.15) is 0 Å². The van der Waals surface area contributed by atoms with E-state index in [4.69, 9.17) is 4.74 Å². The molecule has 1 aliphatic heterocycles. The van der Waals surface area contributed by atoms with E-state index in [-0.39, 0.29) is 5.41 Å². The van der Waals surface area contributed by atoms with E-state index >= 15 is 0 Å². The Morgan fingerprint density at radius 2 is 1.63 bits per heavy atom. The fourth-order valence-corrected chi connectivity index (χ4v) is 3.92. The number of hydrogen-bond donors (Lipinski definition) is 1. The van der Waals surface area contributed by atoms with Gasteiger partial charge >= 0.3 is 12.1 Å². The quantitative estimate of drug-likeness (QED) is 0.806. The first-order valence-corrected chi connectivity index (χ1v) is 9.30. The number of benzene rings is 2. The van der Waals surface area contributed by atoms with Gasteiger partial charge in [0.05, 0.1) is 0 Å². The largest absolute Gasteiger partial charge is 0.465 e. The van der Waals surface area contributed by atoms with E-state index in [0.29, 0.717) is 6.42 Å². The van der Waals surface area contributed by atoms with Crippen LogP contribution in [-0.4, -0.2) is 28.1 Å². The van der Waals surface area contributed by atoms with E-state index in [1.165, 1.54) is 4.90 Å². The zero-order valence-corrected chi connectivity index (χ0v) is 15.2. The van der Waals surface area contributed by atoms with Crippen LogP contribution < -0.4 is 0 Å². The number of amides is 1. The van der Waals surface area contributed by atoms with Gasteiger partial charge in [0, 0.05) is 0 Å². The van der Waals surface area contributed by atoms with Crippen molar-refractivity contribution in [1.82, 2.24) is 4.90 Å². The molecule has 0 aromatic heterocycles. The molecule has 1 aliphatic carbocycles. The number of morpholine rings is 1. The molecule has 1 amide bonds. The van der Waals surface area contributed by atoms with Gasteiger partial charge in [0.1, 0.15) is 12.1 Å². The average Bonchev–Trinajstić information content (AvgIpc) is 3.41. The number of esters is 1. The van der Waals surface area contributed by atoms with Crippen LogP contribution in [0.3, 0.4) is 0 Å². The summed E-state index contributed by atoms with van der Waals surface area (Å²) in [6.07, 6.45) is 0.782. The summed E-state index contributed by atoms with van der Waals surface area (Å²) in [6, 6.07) is 17.5. The van der Waals surface area contributed by atoms with Crippen LogP contribution in [0.15, 0.2) is 60.7 Å². The van der Waals surface area contributed by atoms with Gasteiger partial charge in [-0.3, -0.25) is 4.90 Å². The summed E-state index contributed by atoms with van der Waals surface area (Å²) < 4.78 is 5.86. The van der Waals surface area contributed by atoms with Gasteiger partial charge in [-0.1, -0.05) is 67.6 Å². The number of rotatable bonds is 4. The Morgan fingerprint density at radius 1 is 1.07 bits per heavy atom. The van der Waals surface area contributed by atoms with Crippen LogP contribution in [0.4, 0.5) is 4.79 Å². The Balaban J connectivity index is 1.79. The third-order valence-electron chi connectivity index (χ3n) is 5.72. The first-order chi connectivity index (χ1) is 13.0. The number of ether oxygens (including phenoxy) is 1. The number of nitrogens with zero attached hydrogens (tertiary/aromatic N) is 1. The maximum absolute atomic E-state index is 12.8. The fourth-order valence-electron chi connectivity index (χ4n) is 3.92. The lowest BCUT2D eigenvalue weighted by molar-refractivity contribution is -0.174. The molecule has 27 heavy (non-hydrogen) atoms. The highest BCUT2D eigenvalue weighted by molar-refractivity contribution is 5.83. The van der Waals surface area contributed by atoms with E-state index in [9.17, 15) is 14.7 Å². The second-order valence-corrected chi connectivity index (χ2v) is 7.84. The minimum absolute atomic E-state index is 0.0260. The molecule has 5 nitrogen and oxygen atoms in total. The molecule has 1 saturated carbocycles. The molecule has 0 spiro atoms. The molecule has 1 unspecified atom stereocenters. The summed E-state index contributed by atoms with van der Waals surface area (Å²) in [4.78, 5) is 26.5. The van der Waals surface area contributed by atoms with E-state index in [2.05, 4.69) is 6.92 Å². The molecule has 3 atom stereocenters. The maximum Gasteiger partial charge on any atom is 0.408 e. The molecule has 2 aromatic rings. The Kier molecular flexibility index (Phi) is 4.38. The molecule has 2 fully saturated rings. The van der Waals surface area contributed by atoms with Crippen molar-refractivity contribution < 1.29 is 19.4 Å². The molecule has 140 valence electrons. The van der Waals surface area contributed by atoms with Gasteiger partial charge < -0.3 is 9.84 Å². The summed E-state index contributed by atoms with van der Waals surface area (Å²) >= 11 is 0. The smallest absolute Gasteiger partial charge is 0.408 e. The fraction of sp³-hybridized carbons (Fsp3) is 0.364. The minimum Gasteiger partial charge on any atom is -0.465 e. The molecule has 0 bridgehead atoms. The monoisotopic (exact) mass is 365 g/mol. The lowest BCUT2D eigenvalue weighted by atomic mass is 9.88. The van der Waals surface area contributed by atoms with Gasteiger partial charge in [0.15, 0.2) is 6.10 Å². The third-order valence-corrected chi connectivity index (χ3v) is 5.72. The molecule has 1 N–H and O–H groups in total. The van der Waals surface area contributed by atoms with Crippen molar-refractivity contribution in [2.75, 3.05) is 0 Å². The minimum atomic E-state index is -1.09. The number of carbonyl (C=O) groups is 2. The van der Waals surface area contributed by atoms with Gasteiger partial charge in [-0.15, -0.1) is 0 Å². The second-order valence-electron chi connectivity index (χ2n) is 7.84. The molecule has 4 rings (SSSR count). The van der Waals surface area contributed by atoms with E-state index in [0.717, 1.165) is 24.0 Å². The number of carbonyl (C=O) groups excluding carboxylic acids is 1. The Labute approximate surface area is 158 Å². The van der Waals surface area contributed by atoms with Crippen molar-refractivity contribution in [3.05, 3.63) is 71.8 Å². The Hall–Kier alpha value is -2.82. The highest BCUT2D eigenvalue weighted by Crippen LogP contribution is 2.52. The van der Waals surface area contributed by atoms with Crippen molar-refractivity contribution in [1.29, 1.82) is 0 Å².